The van der Waals surface area contributed by atoms with E-state index in [2.05, 4.69) is 10.4 Å². The molecule has 0 unspecified atom stereocenters. The summed E-state index contributed by atoms with van der Waals surface area (Å²) in [6.45, 7) is 3.49. The molecule has 1 aromatic heterocycles. The van der Waals surface area contributed by atoms with Crippen LogP contribution in [-0.2, 0) is 4.74 Å². The van der Waals surface area contributed by atoms with Crippen molar-refractivity contribution >= 4 is 17.6 Å². The van der Waals surface area contributed by atoms with Gasteiger partial charge in [0.15, 0.2) is 11.4 Å². The molecule has 0 atom stereocenters. The van der Waals surface area contributed by atoms with Crippen LogP contribution < -0.4 is 15.6 Å². The Morgan fingerprint density at radius 2 is 1.77 bits per heavy atom. The molecule has 0 spiro atoms. The fourth-order valence-corrected chi connectivity index (χ4v) is 2.75. The number of esters is 1. The van der Waals surface area contributed by atoms with Gasteiger partial charge in [-0.25, -0.2) is 4.79 Å². The Morgan fingerprint density at radius 3 is 2.42 bits per heavy atom. The zero-order chi connectivity index (χ0) is 22.5. The Labute approximate surface area is 177 Å². The minimum Gasteiger partial charge on any atom is -0.505 e. The van der Waals surface area contributed by atoms with Crippen molar-refractivity contribution in [1.82, 2.24) is 9.78 Å². The molecule has 0 saturated heterocycles. The molecule has 9 nitrogen and oxygen atoms in total. The fraction of sp³-hybridized carbons (Fsp3) is 0.182. The number of aromatic nitrogens is 2. The molecule has 1 heterocycles. The third-order valence-corrected chi connectivity index (χ3v) is 4.16. The number of benzene rings is 2. The van der Waals surface area contributed by atoms with Gasteiger partial charge in [0.2, 0.25) is 0 Å². The molecule has 0 aliphatic carbocycles. The third-order valence-electron chi connectivity index (χ3n) is 4.16. The summed E-state index contributed by atoms with van der Waals surface area (Å²) >= 11 is 0. The van der Waals surface area contributed by atoms with Crippen LogP contribution in [0.15, 0.2) is 59.4 Å². The Hall–Kier alpha value is -4.14. The molecule has 2 N–H and O–H groups in total. The van der Waals surface area contributed by atoms with Crippen LogP contribution >= 0.6 is 0 Å². The highest BCUT2D eigenvalue weighted by Crippen LogP contribution is 2.22. The van der Waals surface area contributed by atoms with E-state index in [-0.39, 0.29) is 11.8 Å². The van der Waals surface area contributed by atoms with Gasteiger partial charge < -0.3 is 19.9 Å². The fourth-order valence-electron chi connectivity index (χ4n) is 2.75. The van der Waals surface area contributed by atoms with Crippen LogP contribution in [0.1, 0.15) is 34.7 Å². The number of hydrogen-bond donors (Lipinski definition) is 2. The molecular formula is C22H21N3O6. The maximum absolute atomic E-state index is 12.7. The number of nitrogens with one attached hydrogen (secondary N) is 1. The Bertz CT molecular complexity index is 1170. The van der Waals surface area contributed by atoms with Gasteiger partial charge in [-0.05, 0) is 50.2 Å². The molecule has 2 aromatic carbocycles. The van der Waals surface area contributed by atoms with Gasteiger partial charge in [-0.1, -0.05) is 12.1 Å². The van der Waals surface area contributed by atoms with E-state index in [4.69, 9.17) is 9.47 Å². The summed E-state index contributed by atoms with van der Waals surface area (Å²) < 4.78 is 11.3. The number of amides is 1. The zero-order valence-electron chi connectivity index (χ0n) is 17.2. The third kappa shape index (κ3) is 4.89. The minimum atomic E-state index is -0.737. The quantitative estimate of drug-likeness (QED) is 0.585. The van der Waals surface area contributed by atoms with E-state index < -0.39 is 23.2 Å². The summed E-state index contributed by atoms with van der Waals surface area (Å²) in [5.74, 6) is -1.40. The van der Waals surface area contributed by atoms with Gasteiger partial charge in [0.25, 0.3) is 11.5 Å². The molecular weight excluding hydrogens is 402 g/mol. The van der Waals surface area contributed by atoms with Crippen molar-refractivity contribution in [1.29, 1.82) is 0 Å². The second kappa shape index (κ2) is 9.12. The SMILES string of the molecule is COc1ccccc1-n1nc(C(=O)Nc2ccc(C(=O)OC(C)C)cc2)c(O)cc1=O. The maximum atomic E-state index is 12.7. The monoisotopic (exact) mass is 423 g/mol. The molecule has 1 amide bonds. The molecule has 0 fully saturated rings. The molecule has 9 heteroatoms. The Balaban J connectivity index is 1.87. The first kappa shape index (κ1) is 21.6. The van der Waals surface area contributed by atoms with E-state index >= 15 is 0 Å². The first-order valence-corrected chi connectivity index (χ1v) is 9.39. The number of para-hydroxylation sites is 2. The summed E-state index contributed by atoms with van der Waals surface area (Å²) in [7, 11) is 1.44. The lowest BCUT2D eigenvalue weighted by molar-refractivity contribution is 0.0378. The van der Waals surface area contributed by atoms with Gasteiger partial charge >= 0.3 is 5.97 Å². The standard InChI is InChI=1S/C22H21N3O6/c1-13(2)31-22(29)14-8-10-15(11-9-14)23-21(28)20-17(26)12-19(27)25(24-20)16-6-4-5-7-18(16)30-3/h4-13,26H,1-3H3,(H,23,28). The zero-order valence-corrected chi connectivity index (χ0v) is 17.2. The van der Waals surface area contributed by atoms with Gasteiger partial charge in [0, 0.05) is 11.8 Å². The number of nitrogens with zero attached hydrogens (tertiary/aromatic N) is 2. The van der Waals surface area contributed by atoms with Gasteiger partial charge in [-0.3, -0.25) is 9.59 Å². The number of carbonyl (C=O) groups excluding carboxylic acids is 2. The number of hydrogen-bond acceptors (Lipinski definition) is 7. The van der Waals surface area contributed by atoms with Crippen molar-refractivity contribution in [3.63, 3.8) is 0 Å². The number of rotatable bonds is 6. The van der Waals surface area contributed by atoms with Gasteiger partial charge in [-0.2, -0.15) is 9.78 Å². The number of anilines is 1. The number of carbonyl (C=O) groups is 2. The van der Waals surface area contributed by atoms with Crippen molar-refractivity contribution in [2.75, 3.05) is 12.4 Å². The summed E-state index contributed by atoms with van der Waals surface area (Å²) in [4.78, 5) is 36.9. The predicted octanol–water partition coefficient (Wildman–Crippen LogP) is 2.76. The van der Waals surface area contributed by atoms with E-state index in [0.29, 0.717) is 22.7 Å². The number of ether oxygens (including phenoxy) is 2. The highest BCUT2D eigenvalue weighted by Gasteiger charge is 2.19. The predicted molar refractivity (Wildman–Crippen MR) is 113 cm³/mol. The van der Waals surface area contributed by atoms with Crippen LogP contribution in [-0.4, -0.2) is 40.0 Å². The second-order valence-corrected chi connectivity index (χ2v) is 6.79. The van der Waals surface area contributed by atoms with Crippen LogP contribution in [0.3, 0.4) is 0 Å². The molecule has 31 heavy (non-hydrogen) atoms. The Morgan fingerprint density at radius 1 is 1.10 bits per heavy atom. The minimum absolute atomic E-state index is 0.250. The highest BCUT2D eigenvalue weighted by atomic mass is 16.5. The van der Waals surface area contributed by atoms with Crippen molar-refractivity contribution in [2.45, 2.75) is 20.0 Å². The van der Waals surface area contributed by atoms with Crippen LogP contribution in [0.5, 0.6) is 11.5 Å². The average molecular weight is 423 g/mol. The second-order valence-electron chi connectivity index (χ2n) is 6.79. The lowest BCUT2D eigenvalue weighted by Gasteiger charge is -2.12. The summed E-state index contributed by atoms with van der Waals surface area (Å²) in [5, 5.41) is 16.7. The molecule has 0 aliphatic rings. The average Bonchev–Trinajstić information content (AvgIpc) is 2.73. The largest absolute Gasteiger partial charge is 0.505 e. The van der Waals surface area contributed by atoms with Crippen molar-refractivity contribution < 1.29 is 24.2 Å². The highest BCUT2D eigenvalue weighted by molar-refractivity contribution is 6.04. The van der Waals surface area contributed by atoms with E-state index in [1.165, 1.54) is 31.4 Å². The first-order chi connectivity index (χ1) is 14.8. The van der Waals surface area contributed by atoms with Crippen LogP contribution in [0, 0.1) is 0 Å². The van der Waals surface area contributed by atoms with Gasteiger partial charge in [0.1, 0.15) is 11.4 Å². The van der Waals surface area contributed by atoms with Crippen LogP contribution in [0.4, 0.5) is 5.69 Å². The van der Waals surface area contributed by atoms with Gasteiger partial charge in [0.05, 0.1) is 18.8 Å². The molecule has 3 aromatic rings. The van der Waals surface area contributed by atoms with Crippen LogP contribution in [0.2, 0.25) is 0 Å². The van der Waals surface area contributed by atoms with Crippen molar-refractivity contribution in [3.8, 4) is 17.2 Å². The number of aromatic hydroxyl groups is 1. The lowest BCUT2D eigenvalue weighted by Crippen LogP contribution is -2.25. The van der Waals surface area contributed by atoms with E-state index in [1.807, 2.05) is 0 Å². The smallest absolute Gasteiger partial charge is 0.338 e. The first-order valence-electron chi connectivity index (χ1n) is 9.39. The van der Waals surface area contributed by atoms with Crippen molar-refractivity contribution in [3.05, 3.63) is 76.2 Å². The van der Waals surface area contributed by atoms with Crippen molar-refractivity contribution in [2.24, 2.45) is 0 Å². The molecule has 0 radical (unpaired) electrons. The van der Waals surface area contributed by atoms with Gasteiger partial charge in [-0.15, -0.1) is 0 Å². The summed E-state index contributed by atoms with van der Waals surface area (Å²) in [6, 6.07) is 13.6. The molecule has 0 bridgehead atoms. The van der Waals surface area contributed by atoms with Crippen LogP contribution in [0.25, 0.3) is 5.69 Å². The maximum Gasteiger partial charge on any atom is 0.338 e. The van der Waals surface area contributed by atoms with E-state index in [9.17, 15) is 19.5 Å². The summed E-state index contributed by atoms with van der Waals surface area (Å²) in [5.41, 5.74) is 0.0252. The van der Waals surface area contributed by atoms with E-state index in [0.717, 1.165) is 10.7 Å². The summed E-state index contributed by atoms with van der Waals surface area (Å²) in [6.07, 6.45) is -0.250. The topological polar surface area (TPSA) is 120 Å². The normalized spacial score (nSPS) is 10.6. The number of methoxy groups -OCH3 is 1. The molecule has 3 rings (SSSR count). The van der Waals surface area contributed by atoms with E-state index in [1.54, 1.807) is 38.1 Å². The molecule has 0 saturated carbocycles. The molecule has 0 aliphatic heterocycles. The lowest BCUT2D eigenvalue weighted by atomic mass is 10.2. The molecule has 160 valence electrons. The Kier molecular flexibility index (Phi) is 6.35.